The molecule has 0 saturated heterocycles. The zero-order valence-electron chi connectivity index (χ0n) is 11.3. The minimum absolute atomic E-state index is 0.145. The van der Waals surface area contributed by atoms with Crippen molar-refractivity contribution in [1.29, 1.82) is 0 Å². The predicted octanol–water partition coefficient (Wildman–Crippen LogP) is 3.81. The minimum atomic E-state index is -0.456. The van der Waals surface area contributed by atoms with Crippen molar-refractivity contribution < 1.29 is 13.9 Å². The monoisotopic (exact) mass is 308 g/mol. The summed E-state index contributed by atoms with van der Waals surface area (Å²) in [7, 11) is 1.58. The third kappa shape index (κ3) is 4.36. The molecule has 0 heterocycles. The molecule has 0 bridgehead atoms. The van der Waals surface area contributed by atoms with Crippen molar-refractivity contribution >= 4 is 23.3 Å². The van der Waals surface area contributed by atoms with E-state index in [1.807, 2.05) is 24.3 Å². The van der Waals surface area contributed by atoms with Gasteiger partial charge in [0.2, 0.25) is 0 Å². The molecule has 110 valence electrons. The molecule has 21 heavy (non-hydrogen) atoms. The molecule has 2 aromatic carbocycles. The molecule has 0 radical (unpaired) electrons. The number of halogens is 2. The van der Waals surface area contributed by atoms with Crippen LogP contribution in [0.2, 0.25) is 5.02 Å². The van der Waals surface area contributed by atoms with E-state index >= 15 is 0 Å². The van der Waals surface area contributed by atoms with Gasteiger partial charge in [-0.3, -0.25) is 0 Å². The zero-order valence-corrected chi connectivity index (χ0v) is 12.1. The molecule has 0 unspecified atom stereocenters. The Balaban J connectivity index is 1.92. The summed E-state index contributed by atoms with van der Waals surface area (Å²) in [6, 6.07) is 10.7. The van der Waals surface area contributed by atoms with Crippen molar-refractivity contribution in [2.24, 2.45) is 0 Å². The van der Waals surface area contributed by atoms with Gasteiger partial charge in [0.15, 0.2) is 0 Å². The molecule has 0 aromatic heterocycles. The van der Waals surface area contributed by atoms with Crippen molar-refractivity contribution in [3.8, 4) is 5.75 Å². The molecule has 2 N–H and O–H groups in total. The van der Waals surface area contributed by atoms with Gasteiger partial charge in [-0.05, 0) is 35.9 Å². The van der Waals surface area contributed by atoms with Crippen LogP contribution in [-0.2, 0) is 6.54 Å². The van der Waals surface area contributed by atoms with Crippen molar-refractivity contribution in [3.63, 3.8) is 0 Å². The van der Waals surface area contributed by atoms with Gasteiger partial charge in [0.1, 0.15) is 11.6 Å². The van der Waals surface area contributed by atoms with Crippen LogP contribution in [0.3, 0.4) is 0 Å². The number of anilines is 1. The van der Waals surface area contributed by atoms with Gasteiger partial charge in [-0.25, -0.2) is 9.18 Å². The summed E-state index contributed by atoms with van der Waals surface area (Å²) in [6.45, 7) is 0.335. The summed E-state index contributed by atoms with van der Waals surface area (Å²) < 4.78 is 18.0. The average Bonchev–Trinajstić information content (AvgIpc) is 2.48. The number of methoxy groups -OCH3 is 1. The van der Waals surface area contributed by atoms with Gasteiger partial charge in [0, 0.05) is 6.54 Å². The first-order valence-electron chi connectivity index (χ1n) is 6.21. The second kappa shape index (κ2) is 6.95. The molecule has 0 fully saturated rings. The fraction of sp³-hybridized carbons (Fsp3) is 0.133. The predicted molar refractivity (Wildman–Crippen MR) is 80.3 cm³/mol. The normalized spacial score (nSPS) is 10.0. The standard InChI is InChI=1S/C15H14ClFN2O2/c1-21-12-4-2-3-10(7-12)9-18-15(20)19-14-6-5-11(17)8-13(14)16/h2-8H,9H2,1H3,(H2,18,19,20). The summed E-state index contributed by atoms with van der Waals surface area (Å²) in [5, 5.41) is 5.38. The van der Waals surface area contributed by atoms with Crippen LogP contribution in [0, 0.1) is 5.82 Å². The van der Waals surface area contributed by atoms with E-state index in [0.717, 1.165) is 17.4 Å². The first-order valence-corrected chi connectivity index (χ1v) is 6.59. The Bertz CT molecular complexity index is 649. The Hall–Kier alpha value is -2.27. The molecular weight excluding hydrogens is 295 g/mol. The molecule has 4 nitrogen and oxygen atoms in total. The highest BCUT2D eigenvalue weighted by Gasteiger charge is 2.06. The number of amides is 2. The van der Waals surface area contributed by atoms with Gasteiger partial charge >= 0.3 is 6.03 Å². The minimum Gasteiger partial charge on any atom is -0.497 e. The van der Waals surface area contributed by atoms with E-state index in [-0.39, 0.29) is 5.02 Å². The van der Waals surface area contributed by atoms with Crippen LogP contribution >= 0.6 is 11.6 Å². The summed E-state index contributed by atoms with van der Waals surface area (Å²) in [4.78, 5) is 11.8. The number of hydrogen-bond acceptors (Lipinski definition) is 2. The largest absolute Gasteiger partial charge is 0.497 e. The van der Waals surface area contributed by atoms with Crippen molar-refractivity contribution in [3.05, 3.63) is 58.9 Å². The average molecular weight is 309 g/mol. The Kier molecular flexibility index (Phi) is 5.00. The Labute approximate surface area is 126 Å². The molecule has 2 amide bonds. The fourth-order valence-corrected chi connectivity index (χ4v) is 1.94. The van der Waals surface area contributed by atoms with E-state index in [2.05, 4.69) is 10.6 Å². The molecule has 0 aliphatic carbocycles. The first kappa shape index (κ1) is 15.1. The number of rotatable bonds is 4. The number of nitrogens with one attached hydrogen (secondary N) is 2. The van der Waals surface area contributed by atoms with Crippen LogP contribution in [0.25, 0.3) is 0 Å². The fourth-order valence-electron chi connectivity index (χ4n) is 1.72. The summed E-state index contributed by atoms with van der Waals surface area (Å²) in [5.74, 6) is 0.263. The number of benzene rings is 2. The number of carbonyl (C=O) groups is 1. The second-order valence-corrected chi connectivity index (χ2v) is 4.69. The summed E-state index contributed by atoms with van der Waals surface area (Å²) in [5.41, 5.74) is 1.25. The number of ether oxygens (including phenoxy) is 1. The lowest BCUT2D eigenvalue weighted by atomic mass is 10.2. The lowest BCUT2D eigenvalue weighted by molar-refractivity contribution is 0.251. The number of carbonyl (C=O) groups excluding carboxylic acids is 1. The Morgan fingerprint density at radius 1 is 1.29 bits per heavy atom. The van der Waals surface area contributed by atoms with Crippen molar-refractivity contribution in [2.45, 2.75) is 6.54 Å². The van der Waals surface area contributed by atoms with Crippen LogP contribution < -0.4 is 15.4 Å². The van der Waals surface area contributed by atoms with Gasteiger partial charge in [0.05, 0.1) is 17.8 Å². The summed E-state index contributed by atoms with van der Waals surface area (Å²) in [6.07, 6.45) is 0. The van der Waals surface area contributed by atoms with E-state index in [1.165, 1.54) is 12.1 Å². The first-order chi connectivity index (χ1) is 10.1. The van der Waals surface area contributed by atoms with Crippen LogP contribution in [-0.4, -0.2) is 13.1 Å². The van der Waals surface area contributed by atoms with Gasteiger partial charge in [0.25, 0.3) is 0 Å². The number of urea groups is 1. The summed E-state index contributed by atoms with van der Waals surface area (Å²) >= 11 is 5.83. The third-order valence-corrected chi connectivity index (χ3v) is 3.08. The zero-order chi connectivity index (χ0) is 15.2. The van der Waals surface area contributed by atoms with E-state index in [0.29, 0.717) is 12.2 Å². The molecule has 6 heteroatoms. The maximum atomic E-state index is 12.9. The van der Waals surface area contributed by atoms with Crippen LogP contribution in [0.5, 0.6) is 5.75 Å². The highest BCUT2D eigenvalue weighted by atomic mass is 35.5. The molecular formula is C15H14ClFN2O2. The van der Waals surface area contributed by atoms with Gasteiger partial charge in [-0.1, -0.05) is 23.7 Å². The quantitative estimate of drug-likeness (QED) is 0.902. The van der Waals surface area contributed by atoms with Crippen LogP contribution in [0.4, 0.5) is 14.9 Å². The van der Waals surface area contributed by atoms with Crippen molar-refractivity contribution in [2.75, 3.05) is 12.4 Å². The maximum absolute atomic E-state index is 12.9. The number of hydrogen-bond donors (Lipinski definition) is 2. The van der Waals surface area contributed by atoms with E-state index in [1.54, 1.807) is 7.11 Å². The smallest absolute Gasteiger partial charge is 0.319 e. The lowest BCUT2D eigenvalue weighted by Gasteiger charge is -2.09. The molecule has 0 atom stereocenters. The molecule has 2 rings (SSSR count). The highest BCUT2D eigenvalue weighted by Crippen LogP contribution is 2.22. The van der Waals surface area contributed by atoms with E-state index in [4.69, 9.17) is 16.3 Å². The Morgan fingerprint density at radius 2 is 2.10 bits per heavy atom. The van der Waals surface area contributed by atoms with Gasteiger partial charge < -0.3 is 15.4 Å². The second-order valence-electron chi connectivity index (χ2n) is 4.28. The maximum Gasteiger partial charge on any atom is 0.319 e. The van der Waals surface area contributed by atoms with E-state index < -0.39 is 11.8 Å². The molecule has 0 aliphatic rings. The molecule has 0 spiro atoms. The van der Waals surface area contributed by atoms with Crippen LogP contribution in [0.15, 0.2) is 42.5 Å². The lowest BCUT2D eigenvalue weighted by Crippen LogP contribution is -2.28. The molecule has 2 aromatic rings. The van der Waals surface area contributed by atoms with Gasteiger partial charge in [-0.15, -0.1) is 0 Å². The van der Waals surface area contributed by atoms with E-state index in [9.17, 15) is 9.18 Å². The highest BCUT2D eigenvalue weighted by molar-refractivity contribution is 6.33. The van der Waals surface area contributed by atoms with Gasteiger partial charge in [-0.2, -0.15) is 0 Å². The van der Waals surface area contributed by atoms with Crippen LogP contribution in [0.1, 0.15) is 5.56 Å². The SMILES string of the molecule is COc1cccc(CNC(=O)Nc2ccc(F)cc2Cl)c1. The van der Waals surface area contributed by atoms with Crippen molar-refractivity contribution in [1.82, 2.24) is 5.32 Å². The topological polar surface area (TPSA) is 50.4 Å². The molecule has 0 aliphatic heterocycles. The Morgan fingerprint density at radius 3 is 2.81 bits per heavy atom. The third-order valence-electron chi connectivity index (χ3n) is 2.77. The molecule has 0 saturated carbocycles.